The summed E-state index contributed by atoms with van der Waals surface area (Å²) >= 11 is 2.90. The first-order valence-corrected chi connectivity index (χ1v) is 16.1. The molecule has 0 aliphatic rings. The number of hydrogen-bond acceptors (Lipinski definition) is 15. The monoisotopic (exact) mass is 659 g/mol. The largest absolute Gasteiger partial charge is 0.261 e. The second-order valence-corrected chi connectivity index (χ2v) is 12.0. The van der Waals surface area contributed by atoms with Crippen LogP contribution in [-0.2, 0) is 0 Å². The summed E-state index contributed by atoms with van der Waals surface area (Å²) in [7, 11) is 0. The molecule has 0 amide bonds. The molecule has 0 saturated heterocycles. The average Bonchev–Trinajstić information content (AvgIpc) is 3.86. The molecule has 0 spiro atoms. The molecule has 0 aliphatic carbocycles. The first kappa shape index (κ1) is 27.8. The molecule has 15 heteroatoms. The van der Waals surface area contributed by atoms with Crippen LogP contribution < -0.4 is 0 Å². The highest BCUT2D eigenvalue weighted by Gasteiger charge is 2.32. The molecule has 0 bridgehead atoms. The van der Waals surface area contributed by atoms with Crippen molar-refractivity contribution in [3.63, 3.8) is 0 Å². The van der Waals surface area contributed by atoms with E-state index in [1.165, 1.54) is 11.5 Å². The third-order valence-corrected chi connectivity index (χ3v) is 9.21. The van der Waals surface area contributed by atoms with Crippen molar-refractivity contribution in [3.05, 3.63) is 103 Å². The zero-order valence-corrected chi connectivity index (χ0v) is 26.1. The third-order valence-electron chi connectivity index (χ3n) is 7.60. The lowest BCUT2D eigenvalue weighted by Gasteiger charge is -2.21. The highest BCUT2D eigenvalue weighted by atomic mass is 32.1. The Morgan fingerprint density at radius 1 is 0.562 bits per heavy atom. The maximum absolute atomic E-state index is 5.12. The number of nitrogens with zero attached hydrogens (tertiary/aromatic N) is 13. The molecule has 0 atom stereocenters. The lowest BCUT2D eigenvalue weighted by atomic mass is 9.85. The zero-order valence-electron chi connectivity index (χ0n) is 24.4. The van der Waals surface area contributed by atoms with Gasteiger partial charge in [-0.3, -0.25) is 9.97 Å². The van der Waals surface area contributed by atoms with E-state index in [1.54, 1.807) is 66.8 Å². The van der Waals surface area contributed by atoms with Crippen LogP contribution in [0.2, 0.25) is 0 Å². The van der Waals surface area contributed by atoms with Crippen LogP contribution in [0.4, 0.5) is 0 Å². The molecule has 0 saturated carbocycles. The van der Waals surface area contributed by atoms with E-state index in [0.29, 0.717) is 61.9 Å². The normalized spacial score (nSPS) is 11.3. The van der Waals surface area contributed by atoms with E-state index in [0.717, 1.165) is 26.4 Å². The van der Waals surface area contributed by atoms with Gasteiger partial charge >= 0.3 is 0 Å². The van der Waals surface area contributed by atoms with E-state index in [4.69, 9.17) is 34.5 Å². The maximum atomic E-state index is 5.12. The number of rotatable bonds is 6. The predicted molar refractivity (Wildman–Crippen MR) is 181 cm³/mol. The highest BCUT2D eigenvalue weighted by molar-refractivity contribution is 7.21. The lowest BCUT2D eigenvalue weighted by Crippen LogP contribution is -2.06. The van der Waals surface area contributed by atoms with E-state index in [1.807, 2.05) is 47.8 Å². The van der Waals surface area contributed by atoms with Crippen LogP contribution in [-0.4, -0.2) is 65.1 Å². The van der Waals surface area contributed by atoms with Gasteiger partial charge < -0.3 is 0 Å². The second kappa shape index (κ2) is 11.7. The predicted octanol–water partition coefficient (Wildman–Crippen LogP) is 6.25. The van der Waals surface area contributed by atoms with Gasteiger partial charge in [0, 0.05) is 69.6 Å². The Morgan fingerprint density at radius 3 is 2.25 bits per heavy atom. The summed E-state index contributed by atoms with van der Waals surface area (Å²) in [5, 5.41) is 34.1. The van der Waals surface area contributed by atoms with Gasteiger partial charge in [-0.1, -0.05) is 12.1 Å². The van der Waals surface area contributed by atoms with Crippen LogP contribution >= 0.6 is 22.9 Å². The minimum atomic E-state index is 0.428. The number of thiazole rings is 1. The smallest absolute Gasteiger partial charge is 0.160 e. The average molecular weight is 660 g/mol. The molecule has 0 radical (unpaired) electrons. The fourth-order valence-electron chi connectivity index (χ4n) is 5.70. The van der Waals surface area contributed by atoms with Crippen molar-refractivity contribution in [2.24, 2.45) is 0 Å². The molecular weight excluding hydrogens is 643 g/mol. The van der Waals surface area contributed by atoms with Gasteiger partial charge in [-0.15, -0.1) is 31.7 Å². The third kappa shape index (κ3) is 4.64. The van der Waals surface area contributed by atoms with Crippen molar-refractivity contribution >= 4 is 44.0 Å². The van der Waals surface area contributed by atoms with Crippen LogP contribution in [0.1, 0.15) is 0 Å². The van der Waals surface area contributed by atoms with Crippen molar-refractivity contribution in [1.29, 1.82) is 0 Å². The van der Waals surface area contributed by atoms with Gasteiger partial charge in [0.1, 0.15) is 21.9 Å². The van der Waals surface area contributed by atoms with Gasteiger partial charge in [0.25, 0.3) is 0 Å². The molecule has 13 nitrogen and oxygen atoms in total. The molecule has 7 heterocycles. The molecule has 2 aromatic carbocycles. The van der Waals surface area contributed by atoms with Crippen molar-refractivity contribution < 1.29 is 0 Å². The Labute approximate surface area is 278 Å². The van der Waals surface area contributed by atoms with Gasteiger partial charge in [0.05, 0.1) is 39.7 Å². The van der Waals surface area contributed by atoms with E-state index < -0.39 is 0 Å². The topological polar surface area (TPSA) is 168 Å². The second-order valence-electron chi connectivity index (χ2n) is 10.3. The van der Waals surface area contributed by atoms with Crippen LogP contribution in [0.3, 0.4) is 0 Å². The molecule has 226 valence electrons. The number of fused-ring (bicyclic) bond motifs is 2. The number of hydrogen-bond donors (Lipinski definition) is 0. The lowest BCUT2D eigenvalue weighted by molar-refractivity contribution is 0.865. The molecule has 9 rings (SSSR count). The molecule has 48 heavy (non-hydrogen) atoms. The van der Waals surface area contributed by atoms with E-state index in [-0.39, 0.29) is 0 Å². The molecule has 0 fully saturated rings. The van der Waals surface area contributed by atoms with Crippen LogP contribution in [0.15, 0.2) is 103 Å². The number of aromatic nitrogens is 13. The summed E-state index contributed by atoms with van der Waals surface area (Å²) in [5.74, 6) is 0.431. The summed E-state index contributed by atoms with van der Waals surface area (Å²) in [4.78, 5) is 23.8. The molecule has 0 N–H and O–H groups in total. The SMILES string of the molecule is c1cnc(-c2c(-c3cccnn3)c(-c3ccsn3)c(-c3nc4ccccc4s3)c3nnc(-c4ccnnn4)c(-c4cnccn4)c23)nc1. The van der Waals surface area contributed by atoms with Crippen LogP contribution in [0, 0.1) is 0 Å². The standard InChI is InChI=1S/C33H17N13S2/c1-2-7-23-18(5-1)40-33(48-23)29-25(20-9-16-47-45-20)24(19-6-3-12-38-41-19)28(32-36-10-4-11-37-32)27-26(22-17-34-14-15-35-22)30(43-44-31(27)29)21-8-13-39-46-42-21/h1-17H. The molecule has 0 unspecified atom stereocenters. The van der Waals surface area contributed by atoms with Gasteiger partial charge in [-0.25, -0.2) is 15.0 Å². The Hall–Kier alpha value is -6.45. The van der Waals surface area contributed by atoms with Crippen molar-refractivity contribution in [1.82, 2.24) is 65.1 Å². The highest BCUT2D eigenvalue weighted by Crippen LogP contribution is 2.52. The molecular formula is C33H17N13S2. The fraction of sp³-hybridized carbons (Fsp3) is 0. The Kier molecular flexibility index (Phi) is 6.80. The van der Waals surface area contributed by atoms with Gasteiger partial charge in [0.15, 0.2) is 5.82 Å². The van der Waals surface area contributed by atoms with Crippen molar-refractivity contribution in [2.75, 3.05) is 0 Å². The van der Waals surface area contributed by atoms with E-state index in [9.17, 15) is 0 Å². The Morgan fingerprint density at radius 2 is 1.48 bits per heavy atom. The molecule has 9 aromatic rings. The van der Waals surface area contributed by atoms with E-state index >= 15 is 0 Å². The minimum absolute atomic E-state index is 0.428. The number of benzene rings is 2. The zero-order chi connectivity index (χ0) is 31.9. The Bertz CT molecular complexity index is 2520. The molecule has 0 aliphatic heterocycles. The summed E-state index contributed by atoms with van der Waals surface area (Å²) in [5.41, 5.74) is 7.52. The van der Waals surface area contributed by atoms with Gasteiger partial charge in [-0.05, 0) is 59.2 Å². The maximum Gasteiger partial charge on any atom is 0.160 e. The van der Waals surface area contributed by atoms with Crippen molar-refractivity contribution in [2.45, 2.75) is 0 Å². The van der Waals surface area contributed by atoms with Crippen LogP contribution in [0.5, 0.6) is 0 Å². The van der Waals surface area contributed by atoms with Crippen molar-refractivity contribution in [3.8, 4) is 67.1 Å². The molecule has 7 aromatic heterocycles. The van der Waals surface area contributed by atoms with E-state index in [2.05, 4.69) is 30.6 Å². The summed E-state index contributed by atoms with van der Waals surface area (Å²) in [6.45, 7) is 0. The number of para-hydroxylation sites is 1. The first-order chi connectivity index (χ1) is 23.8. The quantitative estimate of drug-likeness (QED) is 0.196. The fourth-order valence-corrected chi connectivity index (χ4v) is 7.23. The minimum Gasteiger partial charge on any atom is -0.261 e. The van der Waals surface area contributed by atoms with Gasteiger partial charge in [0.2, 0.25) is 0 Å². The summed E-state index contributed by atoms with van der Waals surface area (Å²) < 4.78 is 5.85. The van der Waals surface area contributed by atoms with Crippen LogP contribution in [0.25, 0.3) is 88.2 Å². The Balaban J connectivity index is 1.59. The summed E-state index contributed by atoms with van der Waals surface area (Å²) in [6, 6.07) is 17.2. The van der Waals surface area contributed by atoms with Gasteiger partial charge in [-0.2, -0.15) is 14.6 Å². The first-order valence-electron chi connectivity index (χ1n) is 14.5. The summed E-state index contributed by atoms with van der Waals surface area (Å²) in [6.07, 6.45) is 11.5.